The van der Waals surface area contributed by atoms with Crippen LogP contribution < -0.4 is 10.6 Å². The molecule has 2 aliphatic heterocycles. The Morgan fingerprint density at radius 1 is 0.889 bits per heavy atom. The molecule has 0 saturated carbocycles. The van der Waals surface area contributed by atoms with E-state index >= 15 is 0 Å². The number of esters is 1. The average molecular weight is 638 g/mol. The maximum atomic E-state index is 14.1. The zero-order chi connectivity index (χ0) is 34.2. The summed E-state index contributed by atoms with van der Waals surface area (Å²) in [5.41, 5.74) is 0. The summed E-state index contributed by atoms with van der Waals surface area (Å²) in [7, 11) is 3.04. The Bertz CT molecular complexity index is 1090. The zero-order valence-corrected chi connectivity index (χ0v) is 28.5. The molecule has 256 valence electrons. The molecule has 2 aliphatic rings. The molecule has 3 N–H and O–H groups in total. The van der Waals surface area contributed by atoms with Gasteiger partial charge in [0.25, 0.3) is 5.91 Å². The lowest BCUT2D eigenvalue weighted by molar-refractivity contribution is -0.163. The summed E-state index contributed by atoms with van der Waals surface area (Å²) < 4.78 is 5.59. The molecule has 0 bridgehead atoms. The molecule has 0 aromatic rings. The molecule has 0 unspecified atom stereocenters. The summed E-state index contributed by atoms with van der Waals surface area (Å²) in [5.74, 6) is -4.27. The molecule has 0 spiro atoms. The lowest BCUT2D eigenvalue weighted by atomic mass is 9.92. The smallest absolute Gasteiger partial charge is 0.308 e. The molecule has 0 aromatic heterocycles. The van der Waals surface area contributed by atoms with Gasteiger partial charge in [0.2, 0.25) is 23.6 Å². The van der Waals surface area contributed by atoms with Crippen molar-refractivity contribution in [1.82, 2.24) is 25.3 Å². The molecule has 2 heterocycles. The predicted molar refractivity (Wildman–Crippen MR) is 167 cm³/mol. The summed E-state index contributed by atoms with van der Waals surface area (Å²) in [6, 6.07) is -3.70. The molecule has 5 amide bonds. The monoisotopic (exact) mass is 637 g/mol. The van der Waals surface area contributed by atoms with E-state index in [-0.39, 0.29) is 56.2 Å². The largest absolute Gasteiger partial charge is 0.452 e. The molecule has 45 heavy (non-hydrogen) atoms. The van der Waals surface area contributed by atoms with Crippen molar-refractivity contribution in [2.75, 3.05) is 33.8 Å². The van der Waals surface area contributed by atoms with Gasteiger partial charge in [0.1, 0.15) is 24.2 Å². The number of ether oxygens (including phenoxy) is 1. The summed E-state index contributed by atoms with van der Waals surface area (Å²) >= 11 is 0. The van der Waals surface area contributed by atoms with Gasteiger partial charge in [-0.1, -0.05) is 54.4 Å². The van der Waals surface area contributed by atoms with E-state index in [4.69, 9.17) is 4.74 Å². The van der Waals surface area contributed by atoms with E-state index in [9.17, 15) is 33.9 Å². The van der Waals surface area contributed by atoms with Gasteiger partial charge in [-0.05, 0) is 43.4 Å². The van der Waals surface area contributed by atoms with Crippen LogP contribution >= 0.6 is 0 Å². The molecule has 0 radical (unpaired) electrons. The number of fused-ring (bicyclic) bond motifs is 1. The van der Waals surface area contributed by atoms with Crippen LogP contribution in [0.4, 0.5) is 0 Å². The minimum atomic E-state index is -1.24. The minimum absolute atomic E-state index is 0.0480. The molecule has 2 saturated heterocycles. The number of likely N-dealkylation sites (N-methyl/N-ethyl adjacent to an activating group) is 2. The predicted octanol–water partition coefficient (Wildman–Crippen LogP) is 0.925. The number of nitrogens with zero attached hydrogens (tertiary/aromatic N) is 3. The Balaban J connectivity index is 2.61. The first-order valence-electron chi connectivity index (χ1n) is 16.3. The Labute approximate surface area is 267 Å². The van der Waals surface area contributed by atoms with Gasteiger partial charge in [-0.3, -0.25) is 28.8 Å². The molecule has 13 heteroatoms. The van der Waals surface area contributed by atoms with E-state index in [2.05, 4.69) is 10.6 Å². The lowest BCUT2D eigenvalue weighted by Crippen LogP contribution is -2.61. The molecular formula is C32H55N5O8. The average Bonchev–Trinajstić information content (AvgIpc) is 3.41. The third-order valence-corrected chi connectivity index (χ3v) is 9.64. The molecule has 2 fully saturated rings. The summed E-state index contributed by atoms with van der Waals surface area (Å²) in [4.78, 5) is 85.7. The first kappa shape index (κ1) is 38.0. The van der Waals surface area contributed by atoms with Crippen LogP contribution in [0.15, 0.2) is 0 Å². The Morgan fingerprint density at radius 2 is 1.51 bits per heavy atom. The highest BCUT2D eigenvalue weighted by molar-refractivity contribution is 5.96. The quantitative estimate of drug-likeness (QED) is 0.347. The van der Waals surface area contributed by atoms with Crippen molar-refractivity contribution in [3.05, 3.63) is 0 Å². The SMILES string of the molecule is CC[C@H](C)[C@@H]1NC(=O)[C@@H]2[C@@H](C)CCN2C(=O)[C@@H](C[C@@H](C)CO)OC(=O)CCNC(=O)[C@H](C)N(C)C(=O)[C@H]([C@@H](C)CC)N(C)C1=O. The van der Waals surface area contributed by atoms with E-state index in [0.717, 1.165) is 0 Å². The van der Waals surface area contributed by atoms with E-state index in [1.807, 2.05) is 34.6 Å². The zero-order valence-electron chi connectivity index (χ0n) is 28.5. The van der Waals surface area contributed by atoms with Gasteiger partial charge in [0.05, 0.1) is 6.42 Å². The van der Waals surface area contributed by atoms with Crippen molar-refractivity contribution in [1.29, 1.82) is 0 Å². The Kier molecular flexibility index (Phi) is 14.3. The fourth-order valence-corrected chi connectivity index (χ4v) is 5.94. The fourth-order valence-electron chi connectivity index (χ4n) is 5.94. The lowest BCUT2D eigenvalue weighted by Gasteiger charge is -2.39. The number of amides is 5. The van der Waals surface area contributed by atoms with Crippen LogP contribution in [0.25, 0.3) is 0 Å². The topological polar surface area (TPSA) is 166 Å². The van der Waals surface area contributed by atoms with E-state index in [1.54, 1.807) is 20.9 Å². The molecule has 0 aliphatic carbocycles. The molecular weight excluding hydrogens is 582 g/mol. The maximum absolute atomic E-state index is 14.1. The summed E-state index contributed by atoms with van der Waals surface area (Å²) in [6.45, 7) is 12.6. The molecule has 9 atom stereocenters. The van der Waals surface area contributed by atoms with Crippen LogP contribution in [0.3, 0.4) is 0 Å². The van der Waals surface area contributed by atoms with Gasteiger partial charge >= 0.3 is 5.97 Å². The number of cyclic esters (lactones) is 1. The van der Waals surface area contributed by atoms with Crippen LogP contribution in [-0.4, -0.2) is 119 Å². The van der Waals surface area contributed by atoms with Crippen molar-refractivity contribution >= 4 is 35.5 Å². The first-order valence-corrected chi connectivity index (χ1v) is 16.3. The Morgan fingerprint density at radius 3 is 2.09 bits per heavy atom. The second-order valence-corrected chi connectivity index (χ2v) is 13.1. The van der Waals surface area contributed by atoms with Crippen LogP contribution in [0, 0.1) is 23.7 Å². The third kappa shape index (κ3) is 9.17. The van der Waals surface area contributed by atoms with E-state index in [1.165, 1.54) is 21.7 Å². The number of carbonyl (C=O) groups excluding carboxylic acids is 6. The van der Waals surface area contributed by atoms with Crippen molar-refractivity contribution in [3.63, 3.8) is 0 Å². The molecule has 0 aromatic carbocycles. The van der Waals surface area contributed by atoms with Crippen LogP contribution in [-0.2, 0) is 33.5 Å². The fraction of sp³-hybridized carbons (Fsp3) is 0.812. The number of aliphatic hydroxyl groups is 1. The molecule has 13 nitrogen and oxygen atoms in total. The third-order valence-electron chi connectivity index (χ3n) is 9.64. The minimum Gasteiger partial charge on any atom is -0.452 e. The van der Waals surface area contributed by atoms with Crippen LogP contribution in [0.5, 0.6) is 0 Å². The number of rotatable bonds is 7. The number of aliphatic hydroxyl groups excluding tert-OH is 1. The second-order valence-electron chi connectivity index (χ2n) is 13.1. The number of carbonyl (C=O) groups is 6. The van der Waals surface area contributed by atoms with Gasteiger partial charge in [-0.2, -0.15) is 0 Å². The van der Waals surface area contributed by atoms with Crippen molar-refractivity contribution < 1.29 is 38.6 Å². The van der Waals surface area contributed by atoms with Crippen molar-refractivity contribution in [2.24, 2.45) is 23.7 Å². The van der Waals surface area contributed by atoms with Crippen LogP contribution in [0.1, 0.15) is 80.6 Å². The Hall–Kier alpha value is -3.22. The van der Waals surface area contributed by atoms with Crippen LogP contribution in [0.2, 0.25) is 0 Å². The number of hydrogen-bond acceptors (Lipinski definition) is 8. The van der Waals surface area contributed by atoms with Gasteiger partial charge in [0.15, 0.2) is 6.10 Å². The second kappa shape index (κ2) is 16.9. The van der Waals surface area contributed by atoms with E-state index in [0.29, 0.717) is 19.3 Å². The standard InChI is InChI=1S/C32H55N5O8/c1-10-19(4)25-31(43)36(9)27(20(5)11-2)32(44)35(8)22(7)28(40)33-14-12-24(39)45-23(16-18(3)17-38)30(42)37-15-13-21(6)26(37)29(41)34-25/h18-23,25-27,38H,10-17H2,1-9H3,(H,33,40)(H,34,41)/t18-,19+,20+,21+,22+,23-,25+,26+,27+/m1/s1. The van der Waals surface area contributed by atoms with Gasteiger partial charge < -0.3 is 35.2 Å². The van der Waals surface area contributed by atoms with Crippen molar-refractivity contribution in [2.45, 2.75) is 111 Å². The van der Waals surface area contributed by atoms with Gasteiger partial charge in [-0.15, -0.1) is 0 Å². The highest BCUT2D eigenvalue weighted by Crippen LogP contribution is 2.28. The maximum Gasteiger partial charge on any atom is 0.308 e. The highest BCUT2D eigenvalue weighted by Gasteiger charge is 2.45. The number of hydrogen-bond donors (Lipinski definition) is 3. The van der Waals surface area contributed by atoms with Crippen molar-refractivity contribution in [3.8, 4) is 0 Å². The summed E-state index contributed by atoms with van der Waals surface area (Å²) in [5, 5.41) is 15.2. The highest BCUT2D eigenvalue weighted by atomic mass is 16.5. The molecule has 2 rings (SSSR count). The van der Waals surface area contributed by atoms with Gasteiger partial charge in [0, 0.05) is 33.8 Å². The van der Waals surface area contributed by atoms with Gasteiger partial charge in [-0.25, -0.2) is 0 Å². The van der Waals surface area contributed by atoms with E-state index < -0.39 is 65.8 Å². The summed E-state index contributed by atoms with van der Waals surface area (Å²) in [6.07, 6.45) is 0.253. The number of nitrogens with one attached hydrogen (secondary N) is 2. The normalized spacial score (nSPS) is 30.4. The first-order chi connectivity index (χ1) is 21.1.